The maximum Gasteiger partial charge on any atom is 0.223 e. The lowest BCUT2D eigenvalue weighted by molar-refractivity contribution is -0.132. The van der Waals surface area contributed by atoms with E-state index in [1.807, 2.05) is 19.3 Å². The Hall–Kier alpha value is -2.42. The Morgan fingerprint density at radius 1 is 1.09 bits per heavy atom. The van der Waals surface area contributed by atoms with Crippen molar-refractivity contribution >= 4 is 38.1 Å². The van der Waals surface area contributed by atoms with E-state index in [-0.39, 0.29) is 23.0 Å². The Bertz CT molecular complexity index is 1250. The van der Waals surface area contributed by atoms with Crippen LogP contribution < -0.4 is 0 Å². The summed E-state index contributed by atoms with van der Waals surface area (Å²) in [5.74, 6) is 0.694. The van der Waals surface area contributed by atoms with Gasteiger partial charge in [-0.3, -0.25) is 9.69 Å². The van der Waals surface area contributed by atoms with Crippen molar-refractivity contribution in [3.8, 4) is 0 Å². The first kappa shape index (κ1) is 23.7. The quantitative estimate of drug-likeness (QED) is 0.508. The van der Waals surface area contributed by atoms with Gasteiger partial charge in [0.25, 0.3) is 0 Å². The summed E-state index contributed by atoms with van der Waals surface area (Å²) in [6.07, 6.45) is 3.79. The number of carbonyl (C=O) groups is 1. The monoisotopic (exact) mass is 488 g/mol. The molecule has 0 spiro atoms. The van der Waals surface area contributed by atoms with Gasteiger partial charge >= 0.3 is 0 Å². The summed E-state index contributed by atoms with van der Waals surface area (Å²) in [6, 6.07) is 10.6. The van der Waals surface area contributed by atoms with Crippen LogP contribution in [0, 0.1) is 6.92 Å². The topological polar surface area (TPSA) is 75.5 Å². The van der Waals surface area contributed by atoms with E-state index in [0.29, 0.717) is 24.2 Å². The number of sulfone groups is 1. The Labute approximate surface area is 199 Å². The highest BCUT2D eigenvalue weighted by molar-refractivity contribution is 7.91. The molecular formula is C24H29ClN4O3S. The highest BCUT2D eigenvalue weighted by Gasteiger charge is 2.24. The Morgan fingerprint density at radius 2 is 1.79 bits per heavy atom. The fourth-order valence-electron chi connectivity index (χ4n) is 4.38. The van der Waals surface area contributed by atoms with E-state index in [9.17, 15) is 13.2 Å². The van der Waals surface area contributed by atoms with Crippen LogP contribution in [-0.2, 0) is 14.6 Å². The molecule has 0 bridgehead atoms. The lowest BCUT2D eigenvalue weighted by Gasteiger charge is -2.36. The minimum absolute atomic E-state index is 0.00831. The van der Waals surface area contributed by atoms with Crippen molar-refractivity contribution in [1.82, 2.24) is 19.4 Å². The molecule has 9 heteroatoms. The number of carbonyl (C=O) groups excluding carboxylic acids is 1. The van der Waals surface area contributed by atoms with E-state index < -0.39 is 9.84 Å². The summed E-state index contributed by atoms with van der Waals surface area (Å²) >= 11 is 6.00. The molecular weight excluding hydrogens is 460 g/mol. The molecule has 2 heterocycles. The van der Waals surface area contributed by atoms with Crippen molar-refractivity contribution in [1.29, 1.82) is 0 Å². The van der Waals surface area contributed by atoms with Crippen LogP contribution in [0.25, 0.3) is 10.8 Å². The number of fused-ring (bicyclic) bond motifs is 1. The number of benzene rings is 2. The second-order valence-corrected chi connectivity index (χ2v) is 11.2. The molecule has 0 N–H and O–H groups in total. The molecule has 0 aliphatic carbocycles. The molecule has 1 aliphatic rings. The summed E-state index contributed by atoms with van der Waals surface area (Å²) in [7, 11) is -3.55. The number of rotatable bonds is 7. The molecule has 3 aromatic rings. The summed E-state index contributed by atoms with van der Waals surface area (Å²) in [6.45, 7) is 7.85. The SMILES string of the molecule is Cc1nccn1C(C)CN1CCN(C(=O)CCS(=O)(=O)c2ccc3cc(Cl)ccc3c2)CC1. The first-order valence-corrected chi connectivity index (χ1v) is 13.2. The molecule has 4 rings (SSSR count). The Kier molecular flexibility index (Phi) is 7.07. The van der Waals surface area contributed by atoms with Crippen LogP contribution in [0.1, 0.15) is 25.2 Å². The number of hydrogen-bond donors (Lipinski definition) is 0. The number of imidazole rings is 1. The van der Waals surface area contributed by atoms with Gasteiger partial charge in [0.2, 0.25) is 5.91 Å². The van der Waals surface area contributed by atoms with E-state index in [1.165, 1.54) is 0 Å². The Morgan fingerprint density at radius 3 is 2.48 bits per heavy atom. The molecule has 176 valence electrons. The van der Waals surface area contributed by atoms with Crippen molar-refractivity contribution in [2.24, 2.45) is 0 Å². The summed E-state index contributed by atoms with van der Waals surface area (Å²) < 4.78 is 27.8. The van der Waals surface area contributed by atoms with Gasteiger partial charge in [-0.25, -0.2) is 13.4 Å². The van der Waals surface area contributed by atoms with Crippen LogP contribution in [-0.4, -0.2) is 72.2 Å². The van der Waals surface area contributed by atoms with E-state index in [0.717, 1.165) is 36.2 Å². The van der Waals surface area contributed by atoms with Crippen LogP contribution in [0.4, 0.5) is 0 Å². The number of hydrogen-bond acceptors (Lipinski definition) is 5. The maximum atomic E-state index is 12.8. The fourth-order valence-corrected chi connectivity index (χ4v) is 5.82. The molecule has 1 aliphatic heterocycles. The van der Waals surface area contributed by atoms with Crippen LogP contribution in [0.2, 0.25) is 5.02 Å². The van der Waals surface area contributed by atoms with E-state index >= 15 is 0 Å². The first-order chi connectivity index (χ1) is 15.7. The van der Waals surface area contributed by atoms with Crippen LogP contribution >= 0.6 is 11.6 Å². The Balaban J connectivity index is 1.29. The van der Waals surface area contributed by atoms with Crippen molar-refractivity contribution in [2.45, 2.75) is 31.2 Å². The molecule has 33 heavy (non-hydrogen) atoms. The molecule has 0 radical (unpaired) electrons. The minimum atomic E-state index is -3.55. The zero-order valence-electron chi connectivity index (χ0n) is 18.9. The van der Waals surface area contributed by atoms with Crippen LogP contribution in [0.15, 0.2) is 53.7 Å². The molecule has 2 aromatic carbocycles. The lowest BCUT2D eigenvalue weighted by Crippen LogP contribution is -2.50. The van der Waals surface area contributed by atoms with Crippen molar-refractivity contribution in [3.63, 3.8) is 0 Å². The predicted molar refractivity (Wildman–Crippen MR) is 130 cm³/mol. The standard InChI is InChI=1S/C24H29ClN4O3S/c1-18(29-9-8-26-19(29)2)17-27-10-12-28(13-11-27)24(30)7-14-33(31,32)23-6-4-20-15-22(25)5-3-21(20)16-23/h3-6,8-9,15-16,18H,7,10-14,17H2,1-2H3. The number of aromatic nitrogens is 2. The number of piperazine rings is 1. The predicted octanol–water partition coefficient (Wildman–Crippen LogP) is 3.57. The molecule has 1 fully saturated rings. The van der Waals surface area contributed by atoms with Gasteiger partial charge in [0.15, 0.2) is 9.84 Å². The molecule has 1 amide bonds. The number of nitrogens with zero attached hydrogens (tertiary/aromatic N) is 4. The molecule has 7 nitrogen and oxygen atoms in total. The molecule has 1 aromatic heterocycles. The summed E-state index contributed by atoms with van der Waals surface area (Å²) in [5, 5.41) is 2.30. The molecule has 1 atom stereocenters. The van der Waals surface area contributed by atoms with Gasteiger partial charge in [0.1, 0.15) is 5.82 Å². The third-order valence-corrected chi connectivity index (χ3v) is 8.25. The van der Waals surface area contributed by atoms with Crippen LogP contribution in [0.5, 0.6) is 0 Å². The second-order valence-electron chi connectivity index (χ2n) is 8.63. The second kappa shape index (κ2) is 9.83. The highest BCUT2D eigenvalue weighted by Crippen LogP contribution is 2.23. The minimum Gasteiger partial charge on any atom is -0.340 e. The molecule has 1 saturated heterocycles. The fraction of sp³-hybridized carbons (Fsp3) is 0.417. The van der Waals surface area contributed by atoms with Gasteiger partial charge in [-0.15, -0.1) is 0 Å². The average Bonchev–Trinajstić information content (AvgIpc) is 3.23. The van der Waals surface area contributed by atoms with Gasteiger partial charge in [-0.05, 0) is 48.9 Å². The molecule has 0 saturated carbocycles. The number of aryl methyl sites for hydroxylation is 1. The van der Waals surface area contributed by atoms with E-state index in [1.54, 1.807) is 41.3 Å². The van der Waals surface area contributed by atoms with Gasteiger partial charge < -0.3 is 9.47 Å². The van der Waals surface area contributed by atoms with Gasteiger partial charge in [0, 0.05) is 62.6 Å². The zero-order chi connectivity index (χ0) is 23.6. The van der Waals surface area contributed by atoms with E-state index in [2.05, 4.69) is 21.4 Å². The first-order valence-electron chi connectivity index (χ1n) is 11.1. The summed E-state index contributed by atoms with van der Waals surface area (Å²) in [4.78, 5) is 21.3. The van der Waals surface area contributed by atoms with Crippen molar-refractivity contribution < 1.29 is 13.2 Å². The highest BCUT2D eigenvalue weighted by atomic mass is 35.5. The average molecular weight is 489 g/mol. The van der Waals surface area contributed by atoms with E-state index in [4.69, 9.17) is 11.6 Å². The van der Waals surface area contributed by atoms with Gasteiger partial charge in [-0.1, -0.05) is 23.7 Å². The smallest absolute Gasteiger partial charge is 0.223 e. The zero-order valence-corrected chi connectivity index (χ0v) is 20.5. The third-order valence-electron chi connectivity index (χ3n) is 6.30. The summed E-state index contributed by atoms with van der Waals surface area (Å²) in [5.41, 5.74) is 0. The number of halogens is 1. The van der Waals surface area contributed by atoms with Gasteiger partial charge in [0.05, 0.1) is 10.6 Å². The number of amides is 1. The van der Waals surface area contributed by atoms with Gasteiger partial charge in [-0.2, -0.15) is 0 Å². The van der Waals surface area contributed by atoms with Crippen molar-refractivity contribution in [3.05, 3.63) is 59.6 Å². The molecule has 1 unspecified atom stereocenters. The normalized spacial score (nSPS) is 16.3. The maximum absolute atomic E-state index is 12.8. The third kappa shape index (κ3) is 5.57. The van der Waals surface area contributed by atoms with Crippen molar-refractivity contribution in [2.75, 3.05) is 38.5 Å². The largest absolute Gasteiger partial charge is 0.340 e. The lowest BCUT2D eigenvalue weighted by atomic mass is 10.1. The van der Waals surface area contributed by atoms with Crippen LogP contribution in [0.3, 0.4) is 0 Å².